The van der Waals surface area contributed by atoms with E-state index in [0.717, 1.165) is 37.1 Å². The Morgan fingerprint density at radius 1 is 1.06 bits per heavy atom. The van der Waals surface area contributed by atoms with Crippen molar-refractivity contribution in [3.05, 3.63) is 59.8 Å². The monoisotopic (exact) mass is 431 g/mol. The summed E-state index contributed by atoms with van der Waals surface area (Å²) in [4.78, 5) is 24.1. The zero-order valence-electron chi connectivity index (χ0n) is 19.4. The number of aryl methyl sites for hydroxylation is 1. The van der Waals surface area contributed by atoms with E-state index >= 15 is 0 Å². The molecule has 0 saturated heterocycles. The van der Waals surface area contributed by atoms with E-state index in [4.69, 9.17) is 0 Å². The van der Waals surface area contributed by atoms with E-state index in [-0.39, 0.29) is 17.9 Å². The van der Waals surface area contributed by atoms with E-state index in [1.807, 2.05) is 44.2 Å². The normalized spacial score (nSPS) is 19.4. The Morgan fingerprint density at radius 2 is 1.78 bits per heavy atom. The van der Waals surface area contributed by atoms with Gasteiger partial charge >= 0.3 is 0 Å². The summed E-state index contributed by atoms with van der Waals surface area (Å²) in [5.41, 5.74) is 2.22. The number of hydrogen-bond donors (Lipinski definition) is 2. The van der Waals surface area contributed by atoms with Gasteiger partial charge in [0.1, 0.15) is 5.82 Å². The summed E-state index contributed by atoms with van der Waals surface area (Å²) < 4.78 is 0. The molecule has 1 amide bonds. The van der Waals surface area contributed by atoms with Gasteiger partial charge in [0, 0.05) is 37.8 Å². The average molecular weight is 432 g/mol. The standard InChI is InChI=1S/C26H33N5O/c1-17-16-27-26(30-24(17)31(3)4)29-21-14-12-20(13-15-21)25(32)28-18(2)22-11-7-9-19-8-5-6-10-23(19)22/h5-11,16,18,20-21H,12-15H2,1-4H3,(H,28,32)(H,27,29,30)/t18?,20-,21+. The van der Waals surface area contributed by atoms with Crippen LogP contribution in [0.4, 0.5) is 11.8 Å². The van der Waals surface area contributed by atoms with Crippen molar-refractivity contribution in [2.75, 3.05) is 24.3 Å². The maximum absolute atomic E-state index is 13.0. The van der Waals surface area contributed by atoms with Crippen LogP contribution in [0.15, 0.2) is 48.7 Å². The maximum Gasteiger partial charge on any atom is 0.224 e. The number of rotatable bonds is 6. The highest BCUT2D eigenvalue weighted by Crippen LogP contribution is 2.29. The van der Waals surface area contributed by atoms with Gasteiger partial charge in [-0.2, -0.15) is 4.98 Å². The second-order valence-electron chi connectivity index (χ2n) is 9.09. The largest absolute Gasteiger partial charge is 0.362 e. The van der Waals surface area contributed by atoms with Crippen LogP contribution in [-0.4, -0.2) is 36.0 Å². The van der Waals surface area contributed by atoms with Gasteiger partial charge in [-0.1, -0.05) is 42.5 Å². The number of aromatic nitrogens is 2. The number of hydrogen-bond acceptors (Lipinski definition) is 5. The lowest BCUT2D eigenvalue weighted by Crippen LogP contribution is -2.37. The fraction of sp³-hybridized carbons (Fsp3) is 0.423. The molecule has 1 atom stereocenters. The molecule has 6 heteroatoms. The van der Waals surface area contributed by atoms with Crippen molar-refractivity contribution in [2.45, 2.75) is 51.6 Å². The van der Waals surface area contributed by atoms with Crippen molar-refractivity contribution in [1.29, 1.82) is 0 Å². The fourth-order valence-electron chi connectivity index (χ4n) is 4.67. The summed E-state index contributed by atoms with van der Waals surface area (Å²) >= 11 is 0. The van der Waals surface area contributed by atoms with Gasteiger partial charge in [-0.3, -0.25) is 4.79 Å². The predicted octanol–water partition coefficient (Wildman–Crippen LogP) is 4.85. The molecule has 3 aromatic rings. The third kappa shape index (κ3) is 4.85. The lowest BCUT2D eigenvalue weighted by molar-refractivity contribution is -0.126. The predicted molar refractivity (Wildman–Crippen MR) is 131 cm³/mol. The van der Waals surface area contributed by atoms with E-state index in [0.29, 0.717) is 12.0 Å². The molecule has 0 radical (unpaired) electrons. The molecule has 6 nitrogen and oxygen atoms in total. The number of amides is 1. The SMILES string of the molecule is Cc1cnc(N[C@H]2CC[C@@H](C(=O)NC(C)c3cccc4ccccc34)CC2)nc1N(C)C. The Balaban J connectivity index is 1.33. The number of nitrogens with zero attached hydrogens (tertiary/aromatic N) is 3. The molecule has 0 aliphatic heterocycles. The van der Waals surface area contributed by atoms with Gasteiger partial charge in [-0.15, -0.1) is 0 Å². The Hall–Kier alpha value is -3.15. The van der Waals surface area contributed by atoms with Crippen molar-refractivity contribution in [1.82, 2.24) is 15.3 Å². The van der Waals surface area contributed by atoms with Gasteiger partial charge in [0.15, 0.2) is 0 Å². The maximum atomic E-state index is 13.0. The summed E-state index contributed by atoms with van der Waals surface area (Å²) in [6.07, 6.45) is 5.49. The van der Waals surface area contributed by atoms with Gasteiger partial charge in [0.05, 0.1) is 6.04 Å². The number of nitrogens with one attached hydrogen (secondary N) is 2. The molecule has 32 heavy (non-hydrogen) atoms. The first-order valence-electron chi connectivity index (χ1n) is 11.5. The lowest BCUT2D eigenvalue weighted by atomic mass is 9.85. The quantitative estimate of drug-likeness (QED) is 0.584. The molecule has 168 valence electrons. The van der Waals surface area contributed by atoms with Crippen molar-refractivity contribution in [3.8, 4) is 0 Å². The molecular weight excluding hydrogens is 398 g/mol. The highest BCUT2D eigenvalue weighted by molar-refractivity contribution is 5.87. The Labute approximate surface area is 190 Å². The van der Waals surface area contributed by atoms with E-state index in [1.54, 1.807) is 0 Å². The fourth-order valence-corrected chi connectivity index (χ4v) is 4.67. The Morgan fingerprint density at radius 3 is 2.53 bits per heavy atom. The smallest absolute Gasteiger partial charge is 0.224 e. The van der Waals surface area contributed by atoms with Crippen molar-refractivity contribution in [3.63, 3.8) is 0 Å². The van der Waals surface area contributed by atoms with Crippen LogP contribution >= 0.6 is 0 Å². The molecule has 1 unspecified atom stereocenters. The number of anilines is 2. The lowest BCUT2D eigenvalue weighted by Gasteiger charge is -2.29. The van der Waals surface area contributed by atoms with E-state index in [2.05, 4.69) is 57.9 Å². The molecular formula is C26H33N5O. The van der Waals surface area contributed by atoms with Gasteiger partial charge in [-0.25, -0.2) is 4.98 Å². The summed E-state index contributed by atoms with van der Waals surface area (Å²) in [7, 11) is 3.98. The average Bonchev–Trinajstić information content (AvgIpc) is 2.80. The minimum Gasteiger partial charge on any atom is -0.362 e. The van der Waals surface area contributed by atoms with Crippen LogP contribution in [-0.2, 0) is 4.79 Å². The summed E-state index contributed by atoms with van der Waals surface area (Å²) in [6.45, 7) is 4.09. The minimum absolute atomic E-state index is 0.0186. The second-order valence-corrected chi connectivity index (χ2v) is 9.09. The third-order valence-electron chi connectivity index (χ3n) is 6.45. The first kappa shape index (κ1) is 22.1. The van der Waals surface area contributed by atoms with Crippen LogP contribution < -0.4 is 15.5 Å². The molecule has 1 saturated carbocycles. The van der Waals surface area contributed by atoms with Crippen LogP contribution in [0.1, 0.15) is 49.8 Å². The van der Waals surface area contributed by atoms with Crippen LogP contribution in [0.2, 0.25) is 0 Å². The topological polar surface area (TPSA) is 70.1 Å². The number of carbonyl (C=O) groups excluding carboxylic acids is 1. The van der Waals surface area contributed by atoms with Crippen molar-refractivity contribution < 1.29 is 4.79 Å². The minimum atomic E-state index is -0.0186. The molecule has 2 aromatic carbocycles. The molecule has 0 spiro atoms. The second kappa shape index (κ2) is 9.55. The summed E-state index contributed by atoms with van der Waals surface area (Å²) in [5, 5.41) is 9.13. The zero-order chi connectivity index (χ0) is 22.7. The van der Waals surface area contributed by atoms with E-state index in [1.165, 1.54) is 16.3 Å². The zero-order valence-corrected chi connectivity index (χ0v) is 19.4. The van der Waals surface area contributed by atoms with Crippen molar-refractivity contribution >= 4 is 28.4 Å². The molecule has 2 N–H and O–H groups in total. The van der Waals surface area contributed by atoms with E-state index in [9.17, 15) is 4.79 Å². The highest BCUT2D eigenvalue weighted by Gasteiger charge is 2.28. The van der Waals surface area contributed by atoms with Crippen LogP contribution in [0.3, 0.4) is 0 Å². The molecule has 1 heterocycles. The highest BCUT2D eigenvalue weighted by atomic mass is 16.1. The van der Waals surface area contributed by atoms with Crippen molar-refractivity contribution in [2.24, 2.45) is 5.92 Å². The van der Waals surface area contributed by atoms with Gasteiger partial charge < -0.3 is 15.5 Å². The van der Waals surface area contributed by atoms with Gasteiger partial charge in [0.2, 0.25) is 11.9 Å². The molecule has 1 aliphatic rings. The van der Waals surface area contributed by atoms with Crippen LogP contribution in [0.5, 0.6) is 0 Å². The Kier molecular flexibility index (Phi) is 6.58. The first-order chi connectivity index (χ1) is 15.4. The van der Waals surface area contributed by atoms with E-state index < -0.39 is 0 Å². The van der Waals surface area contributed by atoms with Crippen LogP contribution in [0, 0.1) is 12.8 Å². The van der Waals surface area contributed by atoms with Gasteiger partial charge in [0.25, 0.3) is 0 Å². The molecule has 4 rings (SSSR count). The van der Waals surface area contributed by atoms with Gasteiger partial charge in [-0.05, 0) is 55.9 Å². The Bertz CT molecular complexity index is 1080. The third-order valence-corrected chi connectivity index (χ3v) is 6.45. The van der Waals surface area contributed by atoms with Crippen LogP contribution in [0.25, 0.3) is 10.8 Å². The number of fused-ring (bicyclic) bond motifs is 1. The number of carbonyl (C=O) groups is 1. The molecule has 1 aliphatic carbocycles. The summed E-state index contributed by atoms with van der Waals surface area (Å²) in [5.74, 6) is 1.81. The first-order valence-corrected chi connectivity index (χ1v) is 11.5. The molecule has 0 bridgehead atoms. The number of benzene rings is 2. The summed E-state index contributed by atoms with van der Waals surface area (Å²) in [6, 6.07) is 14.9. The molecule has 1 fully saturated rings. The molecule has 1 aromatic heterocycles.